The van der Waals surface area contributed by atoms with Gasteiger partial charge in [0.1, 0.15) is 11.5 Å². The van der Waals surface area contributed by atoms with Crippen LogP contribution in [-0.4, -0.2) is 12.9 Å². The summed E-state index contributed by atoms with van der Waals surface area (Å²) in [6.07, 6.45) is 1.51. The smallest absolute Gasteiger partial charge is 0.130 e. The molecule has 1 aromatic rings. The second kappa shape index (κ2) is 6.04. The van der Waals surface area contributed by atoms with Crippen molar-refractivity contribution in [2.45, 2.75) is 26.7 Å². The number of ketones is 1. The van der Waals surface area contributed by atoms with Crippen molar-refractivity contribution in [1.29, 1.82) is 0 Å². The quantitative estimate of drug-likeness (QED) is 0.826. The summed E-state index contributed by atoms with van der Waals surface area (Å²) in [6, 6.07) is 5.92. The van der Waals surface area contributed by atoms with Gasteiger partial charge in [0.2, 0.25) is 0 Å². The van der Waals surface area contributed by atoms with E-state index in [1.807, 2.05) is 18.2 Å². The zero-order valence-corrected chi connectivity index (χ0v) is 11.5. The summed E-state index contributed by atoms with van der Waals surface area (Å²) >= 11 is 3.51. The minimum absolute atomic E-state index is 0.242. The van der Waals surface area contributed by atoms with Crippen LogP contribution in [0, 0.1) is 5.92 Å². The maximum Gasteiger partial charge on any atom is 0.130 e. The van der Waals surface area contributed by atoms with Crippen LogP contribution in [0.5, 0.6) is 5.75 Å². The first kappa shape index (κ1) is 13.2. The van der Waals surface area contributed by atoms with Gasteiger partial charge in [-0.2, -0.15) is 0 Å². The van der Waals surface area contributed by atoms with E-state index in [2.05, 4.69) is 22.9 Å². The molecule has 0 aliphatic rings. The monoisotopic (exact) mass is 284 g/mol. The maximum atomic E-state index is 11.0. The molecule has 2 nitrogen and oxygen atoms in total. The van der Waals surface area contributed by atoms with Crippen molar-refractivity contribution in [3.8, 4) is 5.75 Å². The molecule has 0 bridgehead atoms. The third-order valence-corrected chi connectivity index (χ3v) is 3.23. The van der Waals surface area contributed by atoms with Crippen LogP contribution in [-0.2, 0) is 11.2 Å². The van der Waals surface area contributed by atoms with E-state index >= 15 is 0 Å². The van der Waals surface area contributed by atoms with Gasteiger partial charge >= 0.3 is 0 Å². The lowest BCUT2D eigenvalue weighted by Crippen LogP contribution is -2.05. The summed E-state index contributed by atoms with van der Waals surface area (Å²) in [7, 11) is 1.66. The van der Waals surface area contributed by atoms with E-state index in [0.29, 0.717) is 12.3 Å². The van der Waals surface area contributed by atoms with Crippen LogP contribution in [0.3, 0.4) is 0 Å². The first-order chi connectivity index (χ1) is 7.52. The number of hydrogen-bond acceptors (Lipinski definition) is 2. The topological polar surface area (TPSA) is 26.3 Å². The van der Waals surface area contributed by atoms with Crippen LogP contribution in [0.2, 0.25) is 0 Å². The Morgan fingerprint density at radius 1 is 1.50 bits per heavy atom. The van der Waals surface area contributed by atoms with Crippen LogP contribution >= 0.6 is 15.9 Å². The molecule has 0 spiro atoms. The van der Waals surface area contributed by atoms with Gasteiger partial charge in [0.15, 0.2) is 0 Å². The molecule has 0 fully saturated rings. The molecule has 1 atom stereocenters. The number of carbonyl (C=O) groups is 1. The summed E-state index contributed by atoms with van der Waals surface area (Å²) < 4.78 is 6.26. The van der Waals surface area contributed by atoms with Gasteiger partial charge in [0.25, 0.3) is 0 Å². The van der Waals surface area contributed by atoms with Gasteiger partial charge in [-0.15, -0.1) is 0 Å². The lowest BCUT2D eigenvalue weighted by Gasteiger charge is -2.12. The lowest BCUT2D eigenvalue weighted by molar-refractivity contribution is -0.117. The van der Waals surface area contributed by atoms with Crippen molar-refractivity contribution in [1.82, 2.24) is 0 Å². The molecule has 0 saturated carbocycles. The van der Waals surface area contributed by atoms with Gasteiger partial charge < -0.3 is 9.53 Å². The summed E-state index contributed by atoms with van der Waals surface area (Å²) in [5.74, 6) is 1.46. The fraction of sp³-hybridized carbons (Fsp3) is 0.462. The number of hydrogen-bond donors (Lipinski definition) is 0. The maximum absolute atomic E-state index is 11.0. The number of methoxy groups -OCH3 is 1. The van der Waals surface area contributed by atoms with Crippen molar-refractivity contribution in [3.63, 3.8) is 0 Å². The van der Waals surface area contributed by atoms with Crippen molar-refractivity contribution in [2.75, 3.05) is 7.11 Å². The number of ether oxygens (including phenoxy) is 1. The highest BCUT2D eigenvalue weighted by molar-refractivity contribution is 9.10. The second-order valence-electron chi connectivity index (χ2n) is 4.17. The van der Waals surface area contributed by atoms with Crippen molar-refractivity contribution < 1.29 is 9.53 Å². The third-order valence-electron chi connectivity index (χ3n) is 2.46. The van der Waals surface area contributed by atoms with E-state index in [4.69, 9.17) is 4.74 Å². The normalized spacial score (nSPS) is 12.2. The van der Waals surface area contributed by atoms with Gasteiger partial charge in [-0.05, 0) is 43.0 Å². The molecule has 0 N–H and O–H groups in total. The first-order valence-corrected chi connectivity index (χ1v) is 6.14. The van der Waals surface area contributed by atoms with E-state index in [-0.39, 0.29) is 5.78 Å². The molecule has 88 valence electrons. The third kappa shape index (κ3) is 3.97. The minimum Gasteiger partial charge on any atom is -0.497 e. The summed E-state index contributed by atoms with van der Waals surface area (Å²) in [5.41, 5.74) is 1.19. The molecule has 0 amide bonds. The molecular weight excluding hydrogens is 268 g/mol. The van der Waals surface area contributed by atoms with E-state index in [9.17, 15) is 4.79 Å². The van der Waals surface area contributed by atoms with Crippen LogP contribution < -0.4 is 4.74 Å². The molecule has 0 aliphatic carbocycles. The highest BCUT2D eigenvalue weighted by atomic mass is 79.9. The zero-order chi connectivity index (χ0) is 12.1. The highest BCUT2D eigenvalue weighted by Gasteiger charge is 2.09. The number of Topliss-reactive ketones (excluding diaryl/α,β-unsaturated/α-hetero) is 1. The van der Waals surface area contributed by atoms with E-state index in [1.54, 1.807) is 14.0 Å². The molecule has 0 heterocycles. The highest BCUT2D eigenvalue weighted by Crippen LogP contribution is 2.25. The zero-order valence-electron chi connectivity index (χ0n) is 9.92. The average Bonchev–Trinajstić information content (AvgIpc) is 2.20. The SMILES string of the molecule is COc1ccc(Br)c(CC(C)CC(C)=O)c1. The fourth-order valence-corrected chi connectivity index (χ4v) is 2.18. The van der Waals surface area contributed by atoms with Gasteiger partial charge in [-0.25, -0.2) is 0 Å². The van der Waals surface area contributed by atoms with E-state index in [0.717, 1.165) is 16.6 Å². The average molecular weight is 285 g/mol. The second-order valence-corrected chi connectivity index (χ2v) is 5.03. The lowest BCUT2D eigenvalue weighted by atomic mass is 9.96. The van der Waals surface area contributed by atoms with Crippen LogP contribution in [0.25, 0.3) is 0 Å². The van der Waals surface area contributed by atoms with Crippen LogP contribution in [0.1, 0.15) is 25.8 Å². The summed E-state index contributed by atoms with van der Waals surface area (Å²) in [6.45, 7) is 3.73. The number of rotatable bonds is 5. The molecule has 3 heteroatoms. The molecule has 0 radical (unpaired) electrons. The Morgan fingerprint density at radius 2 is 2.19 bits per heavy atom. The van der Waals surface area contributed by atoms with E-state index < -0.39 is 0 Å². The predicted molar refractivity (Wildman–Crippen MR) is 68.9 cm³/mol. The first-order valence-electron chi connectivity index (χ1n) is 5.34. The summed E-state index contributed by atoms with van der Waals surface area (Å²) in [5, 5.41) is 0. The predicted octanol–water partition coefficient (Wildman–Crippen LogP) is 3.62. The van der Waals surface area contributed by atoms with Crippen molar-refractivity contribution in [3.05, 3.63) is 28.2 Å². The molecule has 1 unspecified atom stereocenters. The Kier molecular flexibility index (Phi) is 5.00. The van der Waals surface area contributed by atoms with Gasteiger partial charge in [0.05, 0.1) is 7.11 Å². The Morgan fingerprint density at radius 3 is 2.75 bits per heavy atom. The van der Waals surface area contributed by atoms with Crippen LogP contribution in [0.15, 0.2) is 22.7 Å². The van der Waals surface area contributed by atoms with Crippen molar-refractivity contribution in [2.24, 2.45) is 5.92 Å². The molecule has 16 heavy (non-hydrogen) atoms. The molecule has 0 saturated heterocycles. The molecule has 1 aromatic carbocycles. The molecule has 0 aromatic heterocycles. The summed E-state index contributed by atoms with van der Waals surface area (Å²) in [4.78, 5) is 11.0. The van der Waals surface area contributed by atoms with Gasteiger partial charge in [-0.1, -0.05) is 22.9 Å². The van der Waals surface area contributed by atoms with Crippen molar-refractivity contribution >= 4 is 21.7 Å². The largest absolute Gasteiger partial charge is 0.497 e. The van der Waals surface area contributed by atoms with Gasteiger partial charge in [0, 0.05) is 10.9 Å². The van der Waals surface area contributed by atoms with Crippen LogP contribution in [0.4, 0.5) is 0 Å². The molecular formula is C13H17BrO2. The Labute approximate surface area is 105 Å². The Balaban J connectivity index is 2.75. The number of halogens is 1. The molecule has 1 rings (SSSR count). The molecule has 0 aliphatic heterocycles. The Bertz CT molecular complexity index is 374. The Hall–Kier alpha value is -0.830. The standard InChI is InChI=1S/C13H17BrO2/c1-9(6-10(2)15)7-11-8-12(16-3)4-5-13(11)14/h4-5,8-9H,6-7H2,1-3H3. The van der Waals surface area contributed by atoms with Gasteiger partial charge in [-0.3, -0.25) is 0 Å². The van der Waals surface area contributed by atoms with E-state index in [1.165, 1.54) is 5.56 Å². The number of benzene rings is 1. The minimum atomic E-state index is 0.242. The number of carbonyl (C=O) groups excluding carboxylic acids is 1. The fourth-order valence-electron chi connectivity index (χ4n) is 1.77.